The quantitative estimate of drug-likeness (QED) is 0.759. The Morgan fingerprint density at radius 1 is 1.13 bits per heavy atom. The average Bonchev–Trinajstić information content (AvgIpc) is 2.97. The molecule has 0 saturated heterocycles. The maximum atomic E-state index is 13.1. The van der Waals surface area contributed by atoms with E-state index in [1.807, 2.05) is 34.9 Å². The molecule has 1 aromatic carbocycles. The Balaban J connectivity index is 1.46. The summed E-state index contributed by atoms with van der Waals surface area (Å²) >= 11 is 0. The second kappa shape index (κ2) is 7.00. The van der Waals surface area contributed by atoms with E-state index in [2.05, 4.69) is 15.5 Å². The average molecular weight is 312 g/mol. The lowest BCUT2D eigenvalue weighted by molar-refractivity contribution is -0.121. The Hall–Kier alpha value is -2.76. The molecule has 0 spiro atoms. The highest BCUT2D eigenvalue weighted by Gasteiger charge is 2.06. The van der Waals surface area contributed by atoms with Crippen LogP contribution < -0.4 is 5.32 Å². The van der Waals surface area contributed by atoms with Crippen LogP contribution in [0.5, 0.6) is 0 Å². The lowest BCUT2D eigenvalue weighted by atomic mass is 10.1. The van der Waals surface area contributed by atoms with Gasteiger partial charge in [-0.05, 0) is 36.2 Å². The molecular formula is C17H17FN4O. The van der Waals surface area contributed by atoms with Crippen molar-refractivity contribution in [2.75, 3.05) is 6.54 Å². The molecule has 0 atom stereocenters. The Kier molecular flexibility index (Phi) is 4.61. The summed E-state index contributed by atoms with van der Waals surface area (Å²) in [6.07, 6.45) is 3.37. The van der Waals surface area contributed by atoms with Crippen LogP contribution >= 0.6 is 0 Å². The summed E-state index contributed by atoms with van der Waals surface area (Å²) in [6, 6.07) is 12.0. The van der Waals surface area contributed by atoms with Gasteiger partial charge < -0.3 is 5.32 Å². The van der Waals surface area contributed by atoms with E-state index in [9.17, 15) is 9.18 Å². The topological polar surface area (TPSA) is 59.3 Å². The zero-order chi connectivity index (χ0) is 16.1. The lowest BCUT2D eigenvalue weighted by Crippen LogP contribution is -2.26. The van der Waals surface area contributed by atoms with Gasteiger partial charge in [0.2, 0.25) is 5.91 Å². The van der Waals surface area contributed by atoms with Gasteiger partial charge in [-0.1, -0.05) is 18.2 Å². The first-order chi connectivity index (χ1) is 11.2. The lowest BCUT2D eigenvalue weighted by Gasteiger charge is -2.05. The molecule has 3 aromatic rings. The number of pyridine rings is 1. The molecule has 118 valence electrons. The molecule has 0 aliphatic heterocycles. The summed E-state index contributed by atoms with van der Waals surface area (Å²) in [4.78, 5) is 11.8. The largest absolute Gasteiger partial charge is 0.356 e. The summed E-state index contributed by atoms with van der Waals surface area (Å²) in [5, 5.41) is 11.0. The molecule has 3 rings (SSSR count). The zero-order valence-electron chi connectivity index (χ0n) is 12.6. The number of nitrogens with zero attached hydrogens (tertiary/aromatic N) is 3. The molecule has 0 aliphatic rings. The van der Waals surface area contributed by atoms with Gasteiger partial charge in [-0.2, -0.15) is 0 Å². The van der Waals surface area contributed by atoms with Crippen molar-refractivity contribution >= 4 is 11.6 Å². The van der Waals surface area contributed by atoms with Gasteiger partial charge in [-0.15, -0.1) is 10.2 Å². The third-order valence-electron chi connectivity index (χ3n) is 3.58. The highest BCUT2D eigenvalue weighted by molar-refractivity contribution is 5.76. The molecule has 0 aliphatic carbocycles. The highest BCUT2D eigenvalue weighted by Crippen LogP contribution is 2.06. The van der Waals surface area contributed by atoms with Crippen LogP contribution in [-0.4, -0.2) is 27.0 Å². The summed E-state index contributed by atoms with van der Waals surface area (Å²) < 4.78 is 15.0. The van der Waals surface area contributed by atoms with Crippen LogP contribution in [0.2, 0.25) is 0 Å². The van der Waals surface area contributed by atoms with Crippen molar-refractivity contribution in [3.05, 3.63) is 65.9 Å². The molecule has 0 bridgehead atoms. The van der Waals surface area contributed by atoms with Crippen LogP contribution in [0.3, 0.4) is 0 Å². The SMILES string of the molecule is O=C(CCc1cccc(F)c1)NCCc1nnc2ccccn12. The van der Waals surface area contributed by atoms with Crippen LogP contribution in [0.25, 0.3) is 5.65 Å². The van der Waals surface area contributed by atoms with E-state index in [0.717, 1.165) is 17.0 Å². The summed E-state index contributed by atoms with van der Waals surface area (Å²) in [5.41, 5.74) is 1.61. The molecule has 6 heteroatoms. The summed E-state index contributed by atoms with van der Waals surface area (Å²) in [5.74, 6) is 0.482. The van der Waals surface area contributed by atoms with Gasteiger partial charge in [0.1, 0.15) is 11.6 Å². The Morgan fingerprint density at radius 3 is 2.91 bits per heavy atom. The Bertz CT molecular complexity index is 815. The minimum absolute atomic E-state index is 0.0527. The molecule has 2 aromatic heterocycles. The number of halogens is 1. The molecular weight excluding hydrogens is 295 g/mol. The van der Waals surface area contributed by atoms with Crippen LogP contribution in [0.1, 0.15) is 17.8 Å². The molecule has 0 radical (unpaired) electrons. The number of benzene rings is 1. The molecule has 0 saturated carbocycles. The first-order valence-corrected chi connectivity index (χ1v) is 7.52. The monoisotopic (exact) mass is 312 g/mol. The third kappa shape index (κ3) is 3.91. The number of aromatic nitrogens is 3. The number of hydrogen-bond donors (Lipinski definition) is 1. The van der Waals surface area contributed by atoms with Crippen molar-refractivity contribution in [1.29, 1.82) is 0 Å². The minimum Gasteiger partial charge on any atom is -0.356 e. The Labute approximate surface area is 133 Å². The molecule has 23 heavy (non-hydrogen) atoms. The molecule has 0 unspecified atom stereocenters. The highest BCUT2D eigenvalue weighted by atomic mass is 19.1. The minimum atomic E-state index is -0.276. The van der Waals surface area contributed by atoms with Crippen molar-refractivity contribution < 1.29 is 9.18 Å². The van der Waals surface area contributed by atoms with Gasteiger partial charge in [-0.25, -0.2) is 4.39 Å². The van der Waals surface area contributed by atoms with Crippen molar-refractivity contribution in [2.24, 2.45) is 0 Å². The predicted octanol–water partition coefficient (Wildman–Crippen LogP) is 2.16. The fraction of sp³-hybridized carbons (Fsp3) is 0.235. The van der Waals surface area contributed by atoms with E-state index in [-0.39, 0.29) is 11.7 Å². The van der Waals surface area contributed by atoms with Crippen LogP contribution in [0, 0.1) is 5.82 Å². The molecule has 5 nitrogen and oxygen atoms in total. The number of aryl methyl sites for hydroxylation is 1. The number of carbonyl (C=O) groups is 1. The van der Waals surface area contributed by atoms with E-state index < -0.39 is 0 Å². The van der Waals surface area contributed by atoms with E-state index >= 15 is 0 Å². The van der Waals surface area contributed by atoms with Gasteiger partial charge in [0.25, 0.3) is 0 Å². The maximum Gasteiger partial charge on any atom is 0.220 e. The second-order valence-electron chi connectivity index (χ2n) is 5.27. The van der Waals surface area contributed by atoms with Crippen molar-refractivity contribution in [3.8, 4) is 0 Å². The number of carbonyl (C=O) groups excluding carboxylic acids is 1. The fourth-order valence-corrected chi connectivity index (χ4v) is 2.41. The number of nitrogens with one attached hydrogen (secondary N) is 1. The first kappa shape index (κ1) is 15.1. The number of fused-ring (bicyclic) bond motifs is 1. The smallest absolute Gasteiger partial charge is 0.220 e. The zero-order valence-corrected chi connectivity index (χ0v) is 12.6. The molecule has 2 heterocycles. The molecule has 1 amide bonds. The Morgan fingerprint density at radius 2 is 2.04 bits per heavy atom. The van der Waals surface area contributed by atoms with Gasteiger partial charge >= 0.3 is 0 Å². The van der Waals surface area contributed by atoms with Gasteiger partial charge in [0.05, 0.1) is 0 Å². The van der Waals surface area contributed by atoms with Gasteiger partial charge in [-0.3, -0.25) is 9.20 Å². The summed E-state index contributed by atoms with van der Waals surface area (Å²) in [6.45, 7) is 0.498. The molecule has 0 fully saturated rings. The second-order valence-corrected chi connectivity index (χ2v) is 5.27. The van der Waals surface area contributed by atoms with E-state index in [1.165, 1.54) is 12.1 Å². The first-order valence-electron chi connectivity index (χ1n) is 7.52. The van der Waals surface area contributed by atoms with Crippen molar-refractivity contribution in [3.63, 3.8) is 0 Å². The van der Waals surface area contributed by atoms with Crippen LogP contribution in [-0.2, 0) is 17.6 Å². The maximum absolute atomic E-state index is 13.1. The number of hydrogen-bond acceptors (Lipinski definition) is 3. The predicted molar refractivity (Wildman–Crippen MR) is 84.4 cm³/mol. The third-order valence-corrected chi connectivity index (χ3v) is 3.58. The van der Waals surface area contributed by atoms with E-state index in [0.29, 0.717) is 25.8 Å². The summed E-state index contributed by atoms with van der Waals surface area (Å²) in [7, 11) is 0. The van der Waals surface area contributed by atoms with Gasteiger partial charge in [0, 0.05) is 25.6 Å². The normalized spacial score (nSPS) is 10.8. The standard InChI is InChI=1S/C17H17FN4O/c18-14-5-3-4-13(12-14)7-8-17(23)19-10-9-16-21-20-15-6-1-2-11-22(15)16/h1-6,11-12H,7-10H2,(H,19,23). The van der Waals surface area contributed by atoms with Gasteiger partial charge in [0.15, 0.2) is 5.65 Å². The van der Waals surface area contributed by atoms with E-state index in [4.69, 9.17) is 0 Å². The number of amides is 1. The molecule has 1 N–H and O–H groups in total. The van der Waals surface area contributed by atoms with E-state index in [1.54, 1.807) is 6.07 Å². The van der Waals surface area contributed by atoms with Crippen LogP contribution in [0.15, 0.2) is 48.7 Å². The van der Waals surface area contributed by atoms with Crippen molar-refractivity contribution in [1.82, 2.24) is 19.9 Å². The van der Waals surface area contributed by atoms with Crippen LogP contribution in [0.4, 0.5) is 4.39 Å². The van der Waals surface area contributed by atoms with Crippen molar-refractivity contribution in [2.45, 2.75) is 19.3 Å². The fourth-order valence-electron chi connectivity index (χ4n) is 2.41. The number of rotatable bonds is 6.